The van der Waals surface area contributed by atoms with E-state index in [4.69, 9.17) is 17.3 Å². The fourth-order valence-corrected chi connectivity index (χ4v) is 4.04. The molecule has 7 heteroatoms. The van der Waals surface area contributed by atoms with Crippen LogP contribution in [-0.2, 0) is 15.6 Å². The molecule has 2 aromatic carbocycles. The molecule has 0 saturated heterocycles. The summed E-state index contributed by atoms with van der Waals surface area (Å²) in [6, 6.07) is 8.32. The lowest BCUT2D eigenvalue weighted by molar-refractivity contribution is 0.594. The normalized spacial score (nSPS) is 11.6. The number of rotatable bonds is 3. The lowest BCUT2D eigenvalue weighted by Crippen LogP contribution is -2.06. The van der Waals surface area contributed by atoms with Gasteiger partial charge in [0, 0.05) is 5.69 Å². The number of benzene rings is 2. The van der Waals surface area contributed by atoms with Crippen molar-refractivity contribution in [2.75, 3.05) is 5.73 Å². The molecule has 0 bridgehead atoms. The molecule has 0 aliphatic rings. The molecule has 106 valence electrons. The van der Waals surface area contributed by atoms with Crippen molar-refractivity contribution in [2.45, 2.75) is 10.6 Å². The number of anilines is 1. The van der Waals surface area contributed by atoms with Gasteiger partial charge in [-0.1, -0.05) is 17.7 Å². The summed E-state index contributed by atoms with van der Waals surface area (Å²) in [7, 11) is -3.65. The van der Waals surface area contributed by atoms with Gasteiger partial charge in [-0.15, -0.1) is 0 Å². The lowest BCUT2D eigenvalue weighted by Gasteiger charge is -2.08. The van der Waals surface area contributed by atoms with E-state index in [9.17, 15) is 12.8 Å². The van der Waals surface area contributed by atoms with Gasteiger partial charge in [-0.05, 0) is 51.8 Å². The zero-order chi connectivity index (χ0) is 14.9. The predicted molar refractivity (Wildman–Crippen MR) is 80.9 cm³/mol. The fraction of sp³-hybridized carbons (Fsp3) is 0.0769. The first-order chi connectivity index (χ1) is 9.29. The van der Waals surface area contributed by atoms with E-state index in [1.54, 1.807) is 0 Å². The first-order valence-electron chi connectivity index (χ1n) is 5.51. The molecule has 0 heterocycles. The van der Waals surface area contributed by atoms with Crippen molar-refractivity contribution in [3.8, 4) is 0 Å². The maximum atomic E-state index is 13.1. The Bertz CT molecular complexity index is 765. The van der Waals surface area contributed by atoms with E-state index in [0.717, 1.165) is 0 Å². The smallest absolute Gasteiger partial charge is 0.184 e. The summed E-state index contributed by atoms with van der Waals surface area (Å²) in [6.07, 6.45) is 0. The molecule has 0 amide bonds. The van der Waals surface area contributed by atoms with E-state index >= 15 is 0 Å². The van der Waals surface area contributed by atoms with Crippen LogP contribution in [0.5, 0.6) is 0 Å². The first kappa shape index (κ1) is 15.3. The third kappa shape index (κ3) is 3.31. The van der Waals surface area contributed by atoms with Crippen molar-refractivity contribution >= 4 is 43.1 Å². The van der Waals surface area contributed by atoms with E-state index in [-0.39, 0.29) is 20.1 Å². The number of nitrogens with two attached hydrogens (primary N) is 1. The minimum absolute atomic E-state index is 0.0281. The van der Waals surface area contributed by atoms with Crippen LogP contribution in [0, 0.1) is 5.82 Å². The quantitative estimate of drug-likeness (QED) is 0.827. The van der Waals surface area contributed by atoms with E-state index < -0.39 is 15.7 Å². The molecule has 20 heavy (non-hydrogen) atoms. The standard InChI is InChI=1S/C13H10BrClFNO2S/c14-10-5-8(1-4-12(10)16)7-20(18,19)13-6-9(17)2-3-11(13)15/h1-6H,7,17H2. The Morgan fingerprint density at radius 3 is 2.55 bits per heavy atom. The Kier molecular flexibility index (Phi) is 4.36. The molecular formula is C13H10BrClFNO2S. The van der Waals surface area contributed by atoms with Crippen molar-refractivity contribution in [1.82, 2.24) is 0 Å². The lowest BCUT2D eigenvalue weighted by atomic mass is 10.2. The van der Waals surface area contributed by atoms with Crippen LogP contribution < -0.4 is 5.73 Å². The summed E-state index contributed by atoms with van der Waals surface area (Å²) in [5.74, 6) is -0.733. The van der Waals surface area contributed by atoms with Crippen molar-refractivity contribution in [3.05, 3.63) is 57.3 Å². The molecule has 0 fully saturated rings. The van der Waals surface area contributed by atoms with Crippen LogP contribution in [0.4, 0.5) is 10.1 Å². The molecule has 2 rings (SSSR count). The highest BCUT2D eigenvalue weighted by molar-refractivity contribution is 9.10. The zero-order valence-electron chi connectivity index (χ0n) is 10.1. The Morgan fingerprint density at radius 1 is 1.20 bits per heavy atom. The van der Waals surface area contributed by atoms with Gasteiger partial charge in [0.05, 0.1) is 20.1 Å². The Balaban J connectivity index is 2.40. The molecule has 0 atom stereocenters. The minimum Gasteiger partial charge on any atom is -0.399 e. The summed E-state index contributed by atoms with van der Waals surface area (Å²) in [4.78, 5) is -0.0281. The SMILES string of the molecule is Nc1ccc(Cl)c(S(=O)(=O)Cc2ccc(F)c(Br)c2)c1. The predicted octanol–water partition coefficient (Wildman–Crippen LogP) is 3.80. The van der Waals surface area contributed by atoms with Crippen LogP contribution in [0.1, 0.15) is 5.56 Å². The molecule has 0 saturated carbocycles. The van der Waals surface area contributed by atoms with E-state index in [1.807, 2.05) is 0 Å². The molecule has 2 N–H and O–H groups in total. The molecule has 0 aromatic heterocycles. The number of nitrogen functional groups attached to an aromatic ring is 1. The molecular weight excluding hydrogens is 369 g/mol. The fourth-order valence-electron chi connectivity index (χ4n) is 1.68. The summed E-state index contributed by atoms with van der Waals surface area (Å²) in [5.41, 5.74) is 6.35. The van der Waals surface area contributed by atoms with Gasteiger partial charge < -0.3 is 5.73 Å². The second-order valence-electron chi connectivity index (χ2n) is 4.20. The molecule has 0 aliphatic heterocycles. The molecule has 2 aromatic rings. The highest BCUT2D eigenvalue weighted by atomic mass is 79.9. The minimum atomic E-state index is -3.65. The van der Waals surface area contributed by atoms with Crippen molar-refractivity contribution in [3.63, 3.8) is 0 Å². The summed E-state index contributed by atoms with van der Waals surface area (Å²) in [6.45, 7) is 0. The average Bonchev–Trinajstić information content (AvgIpc) is 2.36. The Morgan fingerprint density at radius 2 is 1.90 bits per heavy atom. The molecule has 0 radical (unpaired) electrons. The average molecular weight is 379 g/mol. The second-order valence-corrected chi connectivity index (χ2v) is 7.42. The molecule has 0 spiro atoms. The Labute approximate surface area is 129 Å². The zero-order valence-corrected chi connectivity index (χ0v) is 13.3. The van der Waals surface area contributed by atoms with Crippen LogP contribution in [0.25, 0.3) is 0 Å². The van der Waals surface area contributed by atoms with Gasteiger partial charge in [0.1, 0.15) is 5.82 Å². The maximum Gasteiger partial charge on any atom is 0.184 e. The largest absolute Gasteiger partial charge is 0.399 e. The van der Waals surface area contributed by atoms with Crippen LogP contribution in [-0.4, -0.2) is 8.42 Å². The number of hydrogen-bond acceptors (Lipinski definition) is 3. The second kappa shape index (κ2) is 5.71. The number of halogens is 3. The van der Waals surface area contributed by atoms with Crippen molar-refractivity contribution < 1.29 is 12.8 Å². The van der Waals surface area contributed by atoms with Crippen LogP contribution in [0.3, 0.4) is 0 Å². The third-order valence-corrected chi connectivity index (χ3v) is 5.40. The number of sulfone groups is 1. The number of hydrogen-bond donors (Lipinski definition) is 1. The van der Waals surface area contributed by atoms with Crippen LogP contribution >= 0.6 is 27.5 Å². The van der Waals surface area contributed by atoms with E-state index in [2.05, 4.69) is 15.9 Å². The van der Waals surface area contributed by atoms with Crippen LogP contribution in [0.2, 0.25) is 5.02 Å². The molecule has 0 aliphatic carbocycles. The van der Waals surface area contributed by atoms with Crippen LogP contribution in [0.15, 0.2) is 45.8 Å². The van der Waals surface area contributed by atoms with Gasteiger partial charge >= 0.3 is 0 Å². The van der Waals surface area contributed by atoms with Gasteiger partial charge in [0.15, 0.2) is 9.84 Å². The third-order valence-electron chi connectivity index (χ3n) is 2.63. The van der Waals surface area contributed by atoms with Gasteiger partial charge in [-0.3, -0.25) is 0 Å². The summed E-state index contributed by atoms with van der Waals surface area (Å²) < 4.78 is 38.0. The topological polar surface area (TPSA) is 60.2 Å². The van der Waals surface area contributed by atoms with Gasteiger partial charge in [0.25, 0.3) is 0 Å². The van der Waals surface area contributed by atoms with Crippen molar-refractivity contribution in [1.29, 1.82) is 0 Å². The van der Waals surface area contributed by atoms with Gasteiger partial charge in [-0.2, -0.15) is 0 Å². The van der Waals surface area contributed by atoms with E-state index in [0.29, 0.717) is 11.3 Å². The first-order valence-corrected chi connectivity index (χ1v) is 8.33. The highest BCUT2D eigenvalue weighted by Gasteiger charge is 2.19. The highest BCUT2D eigenvalue weighted by Crippen LogP contribution is 2.27. The summed E-state index contributed by atoms with van der Waals surface area (Å²) in [5, 5.41) is 0.111. The Hall–Kier alpha value is -1.11. The monoisotopic (exact) mass is 377 g/mol. The maximum absolute atomic E-state index is 13.1. The van der Waals surface area contributed by atoms with Crippen molar-refractivity contribution in [2.24, 2.45) is 0 Å². The molecule has 3 nitrogen and oxygen atoms in total. The van der Waals surface area contributed by atoms with Gasteiger partial charge in [-0.25, -0.2) is 12.8 Å². The van der Waals surface area contributed by atoms with E-state index in [1.165, 1.54) is 36.4 Å². The molecule has 0 unspecified atom stereocenters. The van der Waals surface area contributed by atoms with Gasteiger partial charge in [0.2, 0.25) is 0 Å². The summed E-state index contributed by atoms with van der Waals surface area (Å²) >= 11 is 8.92.